The molecular formula is C20H21F5NO5P. The number of carbonyl (C=O) groups is 1. The van der Waals surface area contributed by atoms with E-state index in [1.54, 1.807) is 6.07 Å². The van der Waals surface area contributed by atoms with Crippen LogP contribution in [0.3, 0.4) is 0 Å². The maximum Gasteiger partial charge on any atom is 0.513 e. The topological polar surface area (TPSA) is 73.9 Å². The lowest BCUT2D eigenvalue weighted by Crippen LogP contribution is -2.28. The van der Waals surface area contributed by atoms with Gasteiger partial charge in [0.05, 0.1) is 6.61 Å². The van der Waals surface area contributed by atoms with Gasteiger partial charge in [-0.1, -0.05) is 44.9 Å². The molecule has 0 radical (unpaired) electrons. The maximum absolute atomic E-state index is 14.0. The number of para-hydroxylation sites is 1. The van der Waals surface area contributed by atoms with Crippen LogP contribution in [0, 0.1) is 35.0 Å². The number of ether oxygens (including phenoxy) is 1. The molecule has 0 aromatic heterocycles. The highest BCUT2D eigenvalue weighted by atomic mass is 31.2. The summed E-state index contributed by atoms with van der Waals surface area (Å²) < 4.78 is 96.1. The minimum atomic E-state index is -4.87. The molecule has 0 aliphatic rings. The lowest BCUT2D eigenvalue weighted by Gasteiger charge is -2.21. The molecule has 12 heteroatoms. The van der Waals surface area contributed by atoms with E-state index in [1.165, 1.54) is 24.3 Å². The van der Waals surface area contributed by atoms with Crippen LogP contribution in [0.4, 0.5) is 22.0 Å². The third-order valence-electron chi connectivity index (χ3n) is 4.40. The second-order valence-corrected chi connectivity index (χ2v) is 8.27. The Morgan fingerprint density at radius 3 is 1.97 bits per heavy atom. The Morgan fingerprint density at radius 1 is 0.906 bits per heavy atom. The number of halogens is 5. The Kier molecular flexibility index (Phi) is 9.03. The summed E-state index contributed by atoms with van der Waals surface area (Å²) >= 11 is 0. The normalized spacial score (nSPS) is 13.0. The molecule has 0 amide bonds. The minimum absolute atomic E-state index is 0.0792. The zero-order valence-corrected chi connectivity index (χ0v) is 18.1. The number of hydrogen-bond acceptors (Lipinski definition) is 5. The van der Waals surface area contributed by atoms with Crippen molar-refractivity contribution in [3.63, 3.8) is 0 Å². The van der Waals surface area contributed by atoms with Gasteiger partial charge in [-0.3, -0.25) is 4.79 Å². The molecule has 6 nitrogen and oxygen atoms in total. The monoisotopic (exact) mass is 481 g/mol. The Bertz CT molecular complexity index is 959. The van der Waals surface area contributed by atoms with E-state index in [0.29, 0.717) is 0 Å². The van der Waals surface area contributed by atoms with Crippen LogP contribution in [-0.2, 0) is 14.1 Å². The highest BCUT2D eigenvalue weighted by molar-refractivity contribution is 7.52. The predicted octanol–water partition coefficient (Wildman–Crippen LogP) is 5.52. The number of benzene rings is 2. The molecule has 0 saturated heterocycles. The van der Waals surface area contributed by atoms with Crippen LogP contribution in [0.15, 0.2) is 30.3 Å². The van der Waals surface area contributed by atoms with Gasteiger partial charge in [0.15, 0.2) is 0 Å². The molecule has 0 aliphatic heterocycles. The molecule has 0 spiro atoms. The summed E-state index contributed by atoms with van der Waals surface area (Å²) in [6, 6.07) is 7.08. The third-order valence-corrected chi connectivity index (χ3v) is 5.82. The SMILES string of the molecule is CCC(CC)COC(=O)CNP(=O)(Oc1ccccc1)Oc1c(F)c(F)c(F)c(F)c1F. The highest BCUT2D eigenvalue weighted by Crippen LogP contribution is 2.47. The van der Waals surface area contributed by atoms with Crippen molar-refractivity contribution in [1.29, 1.82) is 0 Å². The number of hydrogen-bond donors (Lipinski definition) is 1. The number of rotatable bonds is 11. The largest absolute Gasteiger partial charge is 0.513 e. The van der Waals surface area contributed by atoms with E-state index in [2.05, 4.69) is 4.52 Å². The van der Waals surface area contributed by atoms with E-state index < -0.39 is 55.1 Å². The van der Waals surface area contributed by atoms with Crippen molar-refractivity contribution < 1.29 is 45.1 Å². The van der Waals surface area contributed by atoms with Gasteiger partial charge in [0, 0.05) is 0 Å². The quantitative estimate of drug-likeness (QED) is 0.150. The molecule has 0 saturated carbocycles. The molecule has 32 heavy (non-hydrogen) atoms. The van der Waals surface area contributed by atoms with Crippen LogP contribution < -0.4 is 14.1 Å². The standard InChI is InChI=1S/C20H21F5NO5P/c1-3-12(4-2)11-29-14(27)10-26-32(28,30-13-8-6-5-7-9-13)31-20-18(24)16(22)15(21)17(23)19(20)25/h5-9,12H,3-4,10-11H2,1-2H3,(H,26,28). The maximum atomic E-state index is 14.0. The summed E-state index contributed by atoms with van der Waals surface area (Å²) in [5.74, 6) is -14.5. The number of esters is 1. The summed E-state index contributed by atoms with van der Waals surface area (Å²) in [5, 5.41) is 2.03. The van der Waals surface area contributed by atoms with Gasteiger partial charge in [-0.2, -0.15) is 13.9 Å². The van der Waals surface area contributed by atoms with Crippen LogP contribution >= 0.6 is 7.75 Å². The van der Waals surface area contributed by atoms with Gasteiger partial charge in [-0.15, -0.1) is 0 Å². The van der Waals surface area contributed by atoms with Crippen molar-refractivity contribution in [3.8, 4) is 11.5 Å². The van der Waals surface area contributed by atoms with E-state index in [-0.39, 0.29) is 18.3 Å². The van der Waals surface area contributed by atoms with Gasteiger partial charge in [-0.25, -0.2) is 17.7 Å². The summed E-state index contributed by atoms with van der Waals surface area (Å²) in [4.78, 5) is 12.0. The predicted molar refractivity (Wildman–Crippen MR) is 105 cm³/mol. The Labute approximate surface area is 181 Å². The summed E-state index contributed by atoms with van der Waals surface area (Å²) in [6.07, 6.45) is 1.49. The lowest BCUT2D eigenvalue weighted by molar-refractivity contribution is -0.143. The molecule has 0 aliphatic carbocycles. The molecule has 0 bridgehead atoms. The molecule has 2 aromatic carbocycles. The Balaban J connectivity index is 2.27. The molecule has 1 unspecified atom stereocenters. The van der Waals surface area contributed by atoms with E-state index >= 15 is 0 Å². The van der Waals surface area contributed by atoms with Crippen molar-refractivity contribution >= 4 is 13.7 Å². The zero-order chi connectivity index (χ0) is 23.9. The molecule has 0 heterocycles. The van der Waals surface area contributed by atoms with Crippen LogP contribution in [0.25, 0.3) is 0 Å². The van der Waals surface area contributed by atoms with Gasteiger partial charge in [0.1, 0.15) is 12.3 Å². The minimum Gasteiger partial charge on any atom is -0.464 e. The number of carbonyl (C=O) groups excluding carboxylic acids is 1. The summed E-state index contributed by atoms with van der Waals surface area (Å²) in [5.41, 5.74) is 0. The van der Waals surface area contributed by atoms with Gasteiger partial charge >= 0.3 is 13.7 Å². The van der Waals surface area contributed by atoms with Gasteiger partial charge in [-0.05, 0) is 18.1 Å². The zero-order valence-electron chi connectivity index (χ0n) is 17.2. The fourth-order valence-corrected chi connectivity index (χ4v) is 3.73. The fourth-order valence-electron chi connectivity index (χ4n) is 2.44. The summed E-state index contributed by atoms with van der Waals surface area (Å²) in [7, 11) is -4.87. The van der Waals surface area contributed by atoms with Crippen molar-refractivity contribution in [2.24, 2.45) is 5.92 Å². The molecule has 2 aromatic rings. The first-order chi connectivity index (χ1) is 15.1. The second-order valence-electron chi connectivity index (χ2n) is 6.59. The molecule has 1 atom stereocenters. The van der Waals surface area contributed by atoms with E-state index in [9.17, 15) is 31.3 Å². The van der Waals surface area contributed by atoms with Crippen molar-refractivity contribution in [2.45, 2.75) is 26.7 Å². The smallest absolute Gasteiger partial charge is 0.464 e. The van der Waals surface area contributed by atoms with Crippen LogP contribution in [-0.4, -0.2) is 19.1 Å². The molecular weight excluding hydrogens is 460 g/mol. The van der Waals surface area contributed by atoms with Gasteiger partial charge in [0.2, 0.25) is 34.8 Å². The first-order valence-electron chi connectivity index (χ1n) is 9.58. The average molecular weight is 481 g/mol. The molecule has 176 valence electrons. The van der Waals surface area contributed by atoms with Gasteiger partial charge in [0.25, 0.3) is 0 Å². The molecule has 0 fully saturated rings. The van der Waals surface area contributed by atoms with Crippen molar-refractivity contribution in [2.75, 3.05) is 13.2 Å². The highest BCUT2D eigenvalue weighted by Gasteiger charge is 2.36. The first kappa shape index (κ1) is 25.6. The van der Waals surface area contributed by atoms with Crippen LogP contribution in [0.2, 0.25) is 0 Å². The Morgan fingerprint density at radius 2 is 1.44 bits per heavy atom. The molecule has 2 rings (SSSR count). The second kappa shape index (κ2) is 11.3. The van der Waals surface area contributed by atoms with Crippen LogP contribution in [0.1, 0.15) is 26.7 Å². The van der Waals surface area contributed by atoms with Gasteiger partial charge < -0.3 is 13.8 Å². The van der Waals surface area contributed by atoms with Crippen molar-refractivity contribution in [3.05, 3.63) is 59.4 Å². The number of nitrogens with one attached hydrogen (secondary N) is 1. The van der Waals surface area contributed by atoms with E-state index in [4.69, 9.17) is 9.26 Å². The van der Waals surface area contributed by atoms with Crippen LogP contribution in [0.5, 0.6) is 11.5 Å². The average Bonchev–Trinajstić information content (AvgIpc) is 2.79. The van der Waals surface area contributed by atoms with Crippen molar-refractivity contribution in [1.82, 2.24) is 5.09 Å². The fraction of sp³-hybridized carbons (Fsp3) is 0.350. The van der Waals surface area contributed by atoms with E-state index in [0.717, 1.165) is 12.8 Å². The third kappa shape index (κ3) is 6.43. The summed E-state index contributed by atoms with van der Waals surface area (Å²) in [6.45, 7) is 3.09. The van der Waals surface area contributed by atoms with E-state index in [1.807, 2.05) is 18.9 Å². The first-order valence-corrected chi connectivity index (χ1v) is 11.1. The lowest BCUT2D eigenvalue weighted by atomic mass is 10.1. The Hall–Kier alpha value is -2.65. The molecule has 1 N–H and O–H groups in total.